The summed E-state index contributed by atoms with van der Waals surface area (Å²) in [5.41, 5.74) is -1.37. The lowest BCUT2D eigenvalue weighted by Crippen LogP contribution is -2.48. The summed E-state index contributed by atoms with van der Waals surface area (Å²) >= 11 is 1.39. The molecule has 1 aromatic heterocycles. The zero-order chi connectivity index (χ0) is 14.5. The highest BCUT2D eigenvalue weighted by molar-refractivity contribution is 7.12. The monoisotopic (exact) mass is 283 g/mol. The van der Waals surface area contributed by atoms with E-state index in [0.29, 0.717) is 11.3 Å². The van der Waals surface area contributed by atoms with Gasteiger partial charge in [0.2, 0.25) is 0 Å². The van der Waals surface area contributed by atoms with Crippen molar-refractivity contribution in [1.82, 2.24) is 5.32 Å². The summed E-state index contributed by atoms with van der Waals surface area (Å²) in [5, 5.41) is 14.5. The Morgan fingerprint density at radius 2 is 2.21 bits per heavy atom. The molecule has 4 nitrogen and oxygen atoms in total. The Bertz CT molecular complexity index is 426. The highest BCUT2D eigenvalue weighted by Gasteiger charge is 2.30. The van der Waals surface area contributed by atoms with Crippen molar-refractivity contribution in [3.63, 3.8) is 0 Å². The lowest BCUT2D eigenvalue weighted by atomic mass is 9.99. The van der Waals surface area contributed by atoms with Gasteiger partial charge in [-0.3, -0.25) is 9.59 Å². The molecule has 1 amide bonds. The predicted molar refractivity (Wildman–Crippen MR) is 76.4 cm³/mol. The van der Waals surface area contributed by atoms with Crippen LogP contribution in [-0.2, 0) is 4.79 Å². The van der Waals surface area contributed by atoms with Crippen molar-refractivity contribution in [3.05, 3.63) is 22.4 Å². The number of carbonyl (C=O) groups is 2. The maximum atomic E-state index is 11.9. The smallest absolute Gasteiger partial charge is 0.251 e. The van der Waals surface area contributed by atoms with Gasteiger partial charge in [-0.2, -0.15) is 0 Å². The fraction of sp³-hybridized carbons (Fsp3) is 0.571. The van der Waals surface area contributed by atoms with Gasteiger partial charge in [-0.15, -0.1) is 11.3 Å². The molecule has 0 saturated carbocycles. The van der Waals surface area contributed by atoms with Crippen molar-refractivity contribution >= 4 is 23.0 Å². The maximum Gasteiger partial charge on any atom is 0.251 e. The van der Waals surface area contributed by atoms with Crippen LogP contribution in [0.25, 0.3) is 0 Å². The van der Waals surface area contributed by atoms with Crippen molar-refractivity contribution in [3.8, 4) is 0 Å². The second-order valence-corrected chi connectivity index (χ2v) is 5.95. The quantitative estimate of drug-likeness (QED) is 0.755. The molecule has 0 radical (unpaired) electrons. The highest BCUT2D eigenvalue weighted by Crippen LogP contribution is 2.14. The molecule has 2 unspecified atom stereocenters. The summed E-state index contributed by atoms with van der Waals surface area (Å²) in [7, 11) is 0. The average Bonchev–Trinajstić information content (AvgIpc) is 2.81. The number of hydrogen-bond acceptors (Lipinski definition) is 4. The Kier molecular flexibility index (Phi) is 5.69. The normalized spacial score (nSPS) is 15.6. The topological polar surface area (TPSA) is 66.4 Å². The number of rotatable bonds is 7. The maximum absolute atomic E-state index is 11.9. The summed E-state index contributed by atoms with van der Waals surface area (Å²) in [4.78, 5) is 24.4. The van der Waals surface area contributed by atoms with Gasteiger partial charge in [0.25, 0.3) is 5.91 Å². The van der Waals surface area contributed by atoms with Gasteiger partial charge in [0, 0.05) is 12.5 Å². The second kappa shape index (κ2) is 6.82. The van der Waals surface area contributed by atoms with Gasteiger partial charge >= 0.3 is 0 Å². The molecule has 19 heavy (non-hydrogen) atoms. The molecule has 5 heteroatoms. The standard InChI is InChI=1S/C14H21NO3S/c1-4-7-14(3,18)13(17)15-10(2)9-11(16)12-6-5-8-19-12/h5-6,8,10,18H,4,7,9H2,1-3H3,(H,15,17). The van der Waals surface area contributed by atoms with Gasteiger partial charge in [-0.1, -0.05) is 19.4 Å². The van der Waals surface area contributed by atoms with E-state index < -0.39 is 11.5 Å². The number of thiophene rings is 1. The van der Waals surface area contributed by atoms with E-state index in [4.69, 9.17) is 0 Å². The van der Waals surface area contributed by atoms with Crippen LogP contribution >= 0.6 is 11.3 Å². The zero-order valence-corrected chi connectivity index (χ0v) is 12.4. The summed E-state index contributed by atoms with van der Waals surface area (Å²) in [6.45, 7) is 5.18. The Hall–Kier alpha value is -1.20. The number of carbonyl (C=O) groups excluding carboxylic acids is 2. The summed E-state index contributed by atoms with van der Waals surface area (Å²) in [6, 6.07) is 3.31. The van der Waals surface area contributed by atoms with Crippen molar-refractivity contribution in [2.24, 2.45) is 0 Å². The van der Waals surface area contributed by atoms with Gasteiger partial charge in [0.05, 0.1) is 4.88 Å². The first kappa shape index (κ1) is 15.9. The molecule has 1 rings (SSSR count). The van der Waals surface area contributed by atoms with E-state index in [1.807, 2.05) is 18.4 Å². The fourth-order valence-electron chi connectivity index (χ4n) is 1.85. The van der Waals surface area contributed by atoms with Gasteiger partial charge in [0.1, 0.15) is 5.60 Å². The third kappa shape index (κ3) is 4.76. The molecule has 0 spiro atoms. The first-order valence-corrected chi connectivity index (χ1v) is 7.35. The van der Waals surface area contributed by atoms with E-state index in [0.717, 1.165) is 6.42 Å². The van der Waals surface area contributed by atoms with Crippen molar-refractivity contribution in [2.75, 3.05) is 0 Å². The SMILES string of the molecule is CCCC(C)(O)C(=O)NC(C)CC(=O)c1cccs1. The third-order valence-electron chi connectivity index (χ3n) is 2.89. The van der Waals surface area contributed by atoms with Crippen LogP contribution in [0.1, 0.15) is 49.7 Å². The molecule has 0 aromatic carbocycles. The van der Waals surface area contributed by atoms with Crippen LogP contribution in [0.5, 0.6) is 0 Å². The summed E-state index contributed by atoms with van der Waals surface area (Å²) < 4.78 is 0. The van der Waals surface area contributed by atoms with E-state index in [2.05, 4.69) is 5.32 Å². The predicted octanol–water partition coefficient (Wildman–Crippen LogP) is 2.38. The number of amides is 1. The average molecular weight is 283 g/mol. The van der Waals surface area contributed by atoms with Crippen molar-refractivity contribution < 1.29 is 14.7 Å². The van der Waals surface area contributed by atoms with Crippen LogP contribution in [0.4, 0.5) is 0 Å². The highest BCUT2D eigenvalue weighted by atomic mass is 32.1. The molecule has 0 bridgehead atoms. The first-order valence-electron chi connectivity index (χ1n) is 6.47. The van der Waals surface area contributed by atoms with E-state index in [9.17, 15) is 14.7 Å². The summed E-state index contributed by atoms with van der Waals surface area (Å²) in [6.07, 6.45) is 1.38. The minimum Gasteiger partial charge on any atom is -0.380 e. The third-order valence-corrected chi connectivity index (χ3v) is 3.80. The lowest BCUT2D eigenvalue weighted by molar-refractivity contribution is -0.139. The van der Waals surface area contributed by atoms with Crippen LogP contribution in [0.3, 0.4) is 0 Å². The Morgan fingerprint density at radius 3 is 2.74 bits per heavy atom. The van der Waals surface area contributed by atoms with E-state index >= 15 is 0 Å². The Labute approximate surface area is 117 Å². The molecule has 1 heterocycles. The number of ketones is 1. The molecule has 0 fully saturated rings. The van der Waals surface area contributed by atoms with Crippen molar-refractivity contribution in [1.29, 1.82) is 0 Å². The molecule has 0 aliphatic rings. The molecular formula is C14H21NO3S. The van der Waals surface area contributed by atoms with Gasteiger partial charge in [0.15, 0.2) is 5.78 Å². The zero-order valence-electron chi connectivity index (χ0n) is 11.6. The molecular weight excluding hydrogens is 262 g/mol. The van der Waals surface area contributed by atoms with Gasteiger partial charge in [-0.05, 0) is 31.7 Å². The lowest BCUT2D eigenvalue weighted by Gasteiger charge is -2.24. The fourth-order valence-corrected chi connectivity index (χ4v) is 2.52. The van der Waals surface area contributed by atoms with Crippen LogP contribution in [0.15, 0.2) is 17.5 Å². The van der Waals surface area contributed by atoms with Gasteiger partial charge in [-0.25, -0.2) is 0 Å². The second-order valence-electron chi connectivity index (χ2n) is 5.00. The molecule has 2 atom stereocenters. The molecule has 106 valence electrons. The molecule has 0 aliphatic carbocycles. The Morgan fingerprint density at radius 1 is 1.53 bits per heavy atom. The minimum atomic E-state index is -1.37. The van der Waals surface area contributed by atoms with Crippen LogP contribution in [0.2, 0.25) is 0 Å². The molecule has 0 aliphatic heterocycles. The van der Waals surface area contributed by atoms with E-state index in [1.165, 1.54) is 18.3 Å². The molecule has 2 N–H and O–H groups in total. The largest absolute Gasteiger partial charge is 0.380 e. The van der Waals surface area contributed by atoms with Gasteiger partial charge < -0.3 is 10.4 Å². The first-order chi connectivity index (χ1) is 8.86. The van der Waals surface area contributed by atoms with Crippen LogP contribution in [-0.4, -0.2) is 28.4 Å². The van der Waals surface area contributed by atoms with E-state index in [1.54, 1.807) is 13.0 Å². The molecule has 1 aromatic rings. The van der Waals surface area contributed by atoms with E-state index in [-0.39, 0.29) is 18.2 Å². The van der Waals surface area contributed by atoms with Crippen LogP contribution in [0, 0.1) is 0 Å². The molecule has 0 saturated heterocycles. The summed E-state index contributed by atoms with van der Waals surface area (Å²) in [5.74, 6) is -0.404. The Balaban J connectivity index is 2.49. The number of aliphatic hydroxyl groups is 1. The van der Waals surface area contributed by atoms with Crippen molar-refractivity contribution in [2.45, 2.75) is 51.7 Å². The van der Waals surface area contributed by atoms with Crippen LogP contribution < -0.4 is 5.32 Å². The minimum absolute atomic E-state index is 0.0120. The number of nitrogens with one attached hydrogen (secondary N) is 1. The number of hydrogen-bond donors (Lipinski definition) is 2. The number of Topliss-reactive ketones (excluding diaryl/α,β-unsaturated/α-hetero) is 1.